The molecule has 1 atom stereocenters. The van der Waals surface area contributed by atoms with Crippen LogP contribution in [0.3, 0.4) is 0 Å². The molecule has 13 heteroatoms. The number of nitrogens with one attached hydrogen (secondary N) is 1. The van der Waals surface area contributed by atoms with Crippen LogP contribution in [0.4, 0.5) is 14.5 Å². The molecule has 0 unspecified atom stereocenters. The summed E-state index contributed by atoms with van der Waals surface area (Å²) in [6.07, 6.45) is 5.94. The Balaban J connectivity index is 1.81. The number of hydrogen-bond donors (Lipinski definition) is 1. The van der Waals surface area contributed by atoms with Crippen LogP contribution in [0.2, 0.25) is 5.02 Å². The van der Waals surface area contributed by atoms with Gasteiger partial charge >= 0.3 is 6.61 Å². The number of alkyl halides is 2. The van der Waals surface area contributed by atoms with Gasteiger partial charge in [-0.3, -0.25) is 14.3 Å². The molecule has 3 aromatic heterocycles. The summed E-state index contributed by atoms with van der Waals surface area (Å²) in [6.45, 7) is -1.48. The van der Waals surface area contributed by atoms with Gasteiger partial charge in [0.15, 0.2) is 5.65 Å². The summed E-state index contributed by atoms with van der Waals surface area (Å²) in [5.41, 5.74) is 0.829. The molecule has 2 amide bonds. The van der Waals surface area contributed by atoms with Gasteiger partial charge in [0.2, 0.25) is 5.91 Å². The lowest BCUT2D eigenvalue weighted by Crippen LogP contribution is -2.30. The maximum absolute atomic E-state index is 13.1. The van der Waals surface area contributed by atoms with Gasteiger partial charge < -0.3 is 15.0 Å². The molecule has 0 saturated carbocycles. The third-order valence-electron chi connectivity index (χ3n) is 5.11. The Labute approximate surface area is 203 Å². The predicted molar refractivity (Wildman–Crippen MR) is 124 cm³/mol. The average molecular weight is 504 g/mol. The Morgan fingerprint density at radius 2 is 2.03 bits per heavy atom. The molecule has 10 nitrogen and oxygen atoms in total. The molecule has 4 aromatic rings. The molecule has 0 fully saturated rings. The summed E-state index contributed by atoms with van der Waals surface area (Å²) in [6, 6.07) is 4.96. The molecule has 3 heterocycles. The highest BCUT2D eigenvalue weighted by atomic mass is 35.5. The van der Waals surface area contributed by atoms with Crippen LogP contribution >= 0.6 is 11.6 Å². The highest BCUT2D eigenvalue weighted by Crippen LogP contribution is 2.37. The number of likely N-dealkylation sites (N-methyl/N-ethyl adjacent to an activating group) is 1. The molecule has 1 aromatic carbocycles. The van der Waals surface area contributed by atoms with E-state index in [1.54, 1.807) is 33.3 Å². The molecular formula is C22H20ClF2N7O3. The monoisotopic (exact) mass is 503 g/mol. The van der Waals surface area contributed by atoms with Crippen molar-refractivity contribution >= 4 is 34.7 Å². The number of halogens is 3. The second-order valence-electron chi connectivity index (χ2n) is 7.70. The van der Waals surface area contributed by atoms with E-state index in [4.69, 9.17) is 11.6 Å². The highest BCUT2D eigenvalue weighted by molar-refractivity contribution is 6.31. The summed E-state index contributed by atoms with van der Waals surface area (Å²) in [7, 11) is 3.19. The topological polar surface area (TPSA) is 107 Å². The van der Waals surface area contributed by atoms with Gasteiger partial charge in [0.1, 0.15) is 23.0 Å². The number of amides is 2. The third-order valence-corrected chi connectivity index (χ3v) is 5.35. The normalized spacial score (nSPS) is 12.1. The van der Waals surface area contributed by atoms with Gasteiger partial charge in [-0.2, -0.15) is 19.0 Å². The minimum absolute atomic E-state index is 0.0827. The van der Waals surface area contributed by atoms with Gasteiger partial charge in [0.25, 0.3) is 5.91 Å². The third kappa shape index (κ3) is 4.92. The van der Waals surface area contributed by atoms with Crippen molar-refractivity contribution in [2.75, 3.05) is 19.4 Å². The summed E-state index contributed by atoms with van der Waals surface area (Å²) in [5, 5.41) is 11.5. The van der Waals surface area contributed by atoms with Crippen molar-refractivity contribution in [2.24, 2.45) is 0 Å². The number of aromatic nitrogens is 5. The molecule has 0 radical (unpaired) electrons. The van der Waals surface area contributed by atoms with Gasteiger partial charge in [0, 0.05) is 37.1 Å². The Morgan fingerprint density at radius 3 is 2.74 bits per heavy atom. The molecule has 0 bridgehead atoms. The lowest BCUT2D eigenvalue weighted by atomic mass is 10.1. The number of carbonyl (C=O) groups is 2. The Bertz CT molecular complexity index is 1400. The Morgan fingerprint density at radius 1 is 1.26 bits per heavy atom. The lowest BCUT2D eigenvalue weighted by molar-refractivity contribution is -0.131. The van der Waals surface area contributed by atoms with Crippen LogP contribution in [0, 0.1) is 0 Å². The van der Waals surface area contributed by atoms with Crippen LogP contribution < -0.4 is 10.1 Å². The van der Waals surface area contributed by atoms with E-state index in [2.05, 4.69) is 25.2 Å². The highest BCUT2D eigenvalue weighted by Gasteiger charge is 2.25. The number of fused-ring (bicyclic) bond motifs is 1. The minimum Gasteiger partial charge on any atom is -0.434 e. The Kier molecular flexibility index (Phi) is 6.65. The number of ether oxygens (including phenoxy) is 1. The van der Waals surface area contributed by atoms with Crippen molar-refractivity contribution in [3.63, 3.8) is 0 Å². The van der Waals surface area contributed by atoms with Crippen molar-refractivity contribution in [2.45, 2.75) is 19.6 Å². The minimum atomic E-state index is -3.10. The molecule has 182 valence electrons. The first kappa shape index (κ1) is 24.1. The van der Waals surface area contributed by atoms with Gasteiger partial charge in [-0.1, -0.05) is 11.6 Å². The van der Waals surface area contributed by atoms with Gasteiger partial charge in [-0.05, 0) is 31.2 Å². The van der Waals surface area contributed by atoms with E-state index in [0.29, 0.717) is 5.65 Å². The van der Waals surface area contributed by atoms with Crippen LogP contribution in [0.25, 0.3) is 16.9 Å². The number of anilines is 1. The number of nitrogens with zero attached hydrogens (tertiary/aromatic N) is 6. The average Bonchev–Trinajstić information content (AvgIpc) is 3.43. The van der Waals surface area contributed by atoms with Gasteiger partial charge in [-0.25, -0.2) is 9.50 Å². The van der Waals surface area contributed by atoms with Crippen molar-refractivity contribution in [3.05, 3.63) is 59.6 Å². The largest absolute Gasteiger partial charge is 0.434 e. The van der Waals surface area contributed by atoms with Crippen LogP contribution in [-0.4, -0.2) is 61.8 Å². The molecule has 4 rings (SSSR count). The fraction of sp³-hybridized carbons (Fsp3) is 0.227. The molecule has 35 heavy (non-hydrogen) atoms. The predicted octanol–water partition coefficient (Wildman–Crippen LogP) is 3.75. The first-order chi connectivity index (χ1) is 16.7. The van der Waals surface area contributed by atoms with Crippen LogP contribution in [0.1, 0.15) is 23.3 Å². The van der Waals surface area contributed by atoms with E-state index < -0.39 is 18.6 Å². The standard InChI is InChI=1S/C22H20ClF2N7O3/c1-12(21(34)30(2)3)32-11-16(28-20(33)15-10-27-31-8-4-7-26-19(15)31)18(29-32)14-9-13(23)5-6-17(14)35-22(24)25/h4-12,22H,1-3H3,(H,28,33)/t12-/m1/s1. The maximum Gasteiger partial charge on any atom is 0.387 e. The lowest BCUT2D eigenvalue weighted by Gasteiger charge is -2.16. The zero-order chi connectivity index (χ0) is 25.3. The Hall–Kier alpha value is -4.06. The molecule has 0 aliphatic rings. The molecule has 0 aliphatic heterocycles. The summed E-state index contributed by atoms with van der Waals surface area (Å²) < 4.78 is 33.6. The molecule has 0 spiro atoms. The van der Waals surface area contributed by atoms with Crippen molar-refractivity contribution in [1.29, 1.82) is 0 Å². The number of benzene rings is 1. The van der Waals surface area contributed by atoms with E-state index in [9.17, 15) is 18.4 Å². The molecular weight excluding hydrogens is 484 g/mol. The number of hydrogen-bond acceptors (Lipinski definition) is 6. The fourth-order valence-electron chi connectivity index (χ4n) is 3.43. The summed E-state index contributed by atoms with van der Waals surface area (Å²) >= 11 is 6.12. The zero-order valence-electron chi connectivity index (χ0n) is 18.8. The molecule has 0 aliphatic carbocycles. The van der Waals surface area contributed by atoms with E-state index in [0.717, 1.165) is 0 Å². The smallest absolute Gasteiger partial charge is 0.387 e. The zero-order valence-corrected chi connectivity index (χ0v) is 19.6. The first-order valence-corrected chi connectivity index (χ1v) is 10.7. The molecule has 0 saturated heterocycles. The van der Waals surface area contributed by atoms with E-state index in [1.807, 2.05) is 0 Å². The first-order valence-electron chi connectivity index (χ1n) is 10.3. The van der Waals surface area contributed by atoms with Gasteiger partial charge in [0.05, 0.1) is 18.1 Å². The van der Waals surface area contributed by atoms with Gasteiger partial charge in [-0.15, -0.1) is 0 Å². The quantitative estimate of drug-likeness (QED) is 0.411. The summed E-state index contributed by atoms with van der Waals surface area (Å²) in [4.78, 5) is 31.2. The van der Waals surface area contributed by atoms with Crippen molar-refractivity contribution in [3.8, 4) is 17.0 Å². The van der Waals surface area contributed by atoms with Crippen LogP contribution in [-0.2, 0) is 4.79 Å². The fourth-order valence-corrected chi connectivity index (χ4v) is 3.60. The number of rotatable bonds is 7. The SMILES string of the molecule is C[C@H](C(=O)N(C)C)n1cc(NC(=O)c2cnn3cccnc23)c(-c2cc(Cl)ccc2OC(F)F)n1. The van der Waals surface area contributed by atoms with E-state index in [-0.39, 0.29) is 39.2 Å². The van der Waals surface area contributed by atoms with E-state index in [1.165, 1.54) is 50.9 Å². The molecule has 1 N–H and O–H groups in total. The maximum atomic E-state index is 13.1. The van der Waals surface area contributed by atoms with Crippen LogP contribution in [0.5, 0.6) is 5.75 Å². The summed E-state index contributed by atoms with van der Waals surface area (Å²) in [5.74, 6) is -1.03. The van der Waals surface area contributed by atoms with Crippen molar-refractivity contribution < 1.29 is 23.1 Å². The van der Waals surface area contributed by atoms with E-state index >= 15 is 0 Å². The number of carbonyl (C=O) groups excluding carboxylic acids is 2. The van der Waals surface area contributed by atoms with Crippen LogP contribution in [0.15, 0.2) is 49.1 Å². The second-order valence-corrected chi connectivity index (χ2v) is 8.14. The second kappa shape index (κ2) is 9.66. The van der Waals surface area contributed by atoms with Crippen molar-refractivity contribution in [1.82, 2.24) is 29.3 Å².